The van der Waals surface area contributed by atoms with Crippen LogP contribution in [0.1, 0.15) is 12.0 Å². The van der Waals surface area contributed by atoms with Gasteiger partial charge in [0.2, 0.25) is 0 Å². The molecule has 2 N–H and O–H groups in total. The molecular formula is C13H21NO3. The van der Waals surface area contributed by atoms with Gasteiger partial charge in [0, 0.05) is 6.61 Å². The molecule has 17 heavy (non-hydrogen) atoms. The Bertz CT molecular complexity index is 328. The summed E-state index contributed by atoms with van der Waals surface area (Å²) in [5.74, 6) is 1.73. The van der Waals surface area contributed by atoms with E-state index in [1.807, 2.05) is 18.2 Å². The van der Waals surface area contributed by atoms with E-state index < -0.39 is 0 Å². The molecule has 0 atom stereocenters. The Hall–Kier alpha value is -1.26. The average molecular weight is 239 g/mol. The number of benzene rings is 1. The Morgan fingerprint density at radius 2 is 2.00 bits per heavy atom. The predicted molar refractivity (Wildman–Crippen MR) is 67.8 cm³/mol. The van der Waals surface area contributed by atoms with Crippen molar-refractivity contribution in [2.75, 3.05) is 33.9 Å². The van der Waals surface area contributed by atoms with Crippen LogP contribution in [-0.2, 0) is 6.42 Å². The minimum Gasteiger partial charge on any atom is -0.497 e. The van der Waals surface area contributed by atoms with Crippen LogP contribution in [0.5, 0.6) is 11.5 Å². The second-order valence-electron chi connectivity index (χ2n) is 3.75. The molecule has 0 aliphatic carbocycles. The summed E-state index contributed by atoms with van der Waals surface area (Å²) < 4.78 is 10.5. The number of ether oxygens (including phenoxy) is 2. The molecule has 0 radical (unpaired) electrons. The largest absolute Gasteiger partial charge is 0.497 e. The maximum atomic E-state index is 8.66. The van der Waals surface area contributed by atoms with Gasteiger partial charge in [-0.15, -0.1) is 0 Å². The number of aliphatic hydroxyl groups excluding tert-OH is 1. The van der Waals surface area contributed by atoms with Crippen molar-refractivity contribution < 1.29 is 14.6 Å². The summed E-state index contributed by atoms with van der Waals surface area (Å²) in [6.45, 7) is 1.93. The summed E-state index contributed by atoms with van der Waals surface area (Å²) >= 11 is 0. The molecule has 4 heteroatoms. The monoisotopic (exact) mass is 239 g/mol. The molecule has 0 amide bonds. The Morgan fingerprint density at radius 3 is 2.65 bits per heavy atom. The van der Waals surface area contributed by atoms with Gasteiger partial charge in [-0.3, -0.25) is 0 Å². The minimum absolute atomic E-state index is 0.232. The lowest BCUT2D eigenvalue weighted by molar-refractivity contribution is 0.286. The summed E-state index contributed by atoms with van der Waals surface area (Å²) in [5, 5.41) is 11.9. The van der Waals surface area contributed by atoms with Crippen molar-refractivity contribution in [1.29, 1.82) is 0 Å². The molecule has 0 fully saturated rings. The smallest absolute Gasteiger partial charge is 0.122 e. The highest BCUT2D eigenvalue weighted by atomic mass is 16.5. The SMILES string of the molecule is COc1ccc(OC)c(CCNCCCO)c1. The summed E-state index contributed by atoms with van der Waals surface area (Å²) in [7, 11) is 3.33. The first-order valence-corrected chi connectivity index (χ1v) is 5.84. The summed E-state index contributed by atoms with van der Waals surface area (Å²) in [5.41, 5.74) is 1.13. The molecule has 0 spiro atoms. The van der Waals surface area contributed by atoms with Gasteiger partial charge in [-0.2, -0.15) is 0 Å². The highest BCUT2D eigenvalue weighted by Crippen LogP contribution is 2.23. The first kappa shape index (κ1) is 13.8. The van der Waals surface area contributed by atoms with Crippen molar-refractivity contribution in [3.63, 3.8) is 0 Å². The van der Waals surface area contributed by atoms with E-state index in [2.05, 4.69) is 5.32 Å². The molecule has 96 valence electrons. The van der Waals surface area contributed by atoms with E-state index in [1.54, 1.807) is 14.2 Å². The van der Waals surface area contributed by atoms with Crippen LogP contribution in [-0.4, -0.2) is 39.0 Å². The lowest BCUT2D eigenvalue weighted by atomic mass is 10.1. The van der Waals surface area contributed by atoms with Crippen LogP contribution in [0.25, 0.3) is 0 Å². The van der Waals surface area contributed by atoms with E-state index in [0.29, 0.717) is 0 Å². The second kappa shape index (κ2) is 7.92. The number of aliphatic hydroxyl groups is 1. The van der Waals surface area contributed by atoms with Crippen molar-refractivity contribution in [2.24, 2.45) is 0 Å². The Labute approximate surface area is 103 Å². The second-order valence-corrected chi connectivity index (χ2v) is 3.75. The normalized spacial score (nSPS) is 10.3. The van der Waals surface area contributed by atoms with E-state index in [0.717, 1.165) is 43.0 Å². The van der Waals surface area contributed by atoms with Crippen LogP contribution >= 0.6 is 0 Å². The summed E-state index contributed by atoms with van der Waals surface area (Å²) in [6.07, 6.45) is 1.67. The Morgan fingerprint density at radius 1 is 1.18 bits per heavy atom. The fraction of sp³-hybridized carbons (Fsp3) is 0.538. The molecule has 1 rings (SSSR count). The quantitative estimate of drug-likeness (QED) is 0.670. The molecule has 0 aromatic heterocycles. The standard InChI is InChI=1S/C13H21NO3/c1-16-12-4-5-13(17-2)11(10-12)6-8-14-7-3-9-15/h4-5,10,14-15H,3,6-9H2,1-2H3. The lowest BCUT2D eigenvalue weighted by Crippen LogP contribution is -2.19. The minimum atomic E-state index is 0.232. The molecule has 0 aliphatic rings. The molecule has 0 aliphatic heterocycles. The van der Waals surface area contributed by atoms with E-state index in [-0.39, 0.29) is 6.61 Å². The van der Waals surface area contributed by atoms with Crippen molar-refractivity contribution >= 4 is 0 Å². The van der Waals surface area contributed by atoms with Gasteiger partial charge in [0.25, 0.3) is 0 Å². The highest BCUT2D eigenvalue weighted by Gasteiger charge is 2.04. The van der Waals surface area contributed by atoms with Crippen molar-refractivity contribution in [1.82, 2.24) is 5.32 Å². The van der Waals surface area contributed by atoms with E-state index in [1.165, 1.54) is 0 Å². The summed E-state index contributed by atoms with van der Waals surface area (Å²) in [6, 6.07) is 5.80. The molecule has 0 heterocycles. The van der Waals surface area contributed by atoms with Crippen molar-refractivity contribution in [2.45, 2.75) is 12.8 Å². The van der Waals surface area contributed by atoms with Crippen molar-refractivity contribution in [3.8, 4) is 11.5 Å². The number of hydrogen-bond donors (Lipinski definition) is 2. The number of methoxy groups -OCH3 is 2. The van der Waals surface area contributed by atoms with Crippen LogP contribution in [0.4, 0.5) is 0 Å². The maximum Gasteiger partial charge on any atom is 0.122 e. The van der Waals surface area contributed by atoms with Gasteiger partial charge in [-0.05, 0) is 49.7 Å². The molecule has 0 bridgehead atoms. The Balaban J connectivity index is 2.49. The number of rotatable bonds is 8. The van der Waals surface area contributed by atoms with Crippen molar-refractivity contribution in [3.05, 3.63) is 23.8 Å². The lowest BCUT2D eigenvalue weighted by Gasteiger charge is -2.10. The molecule has 4 nitrogen and oxygen atoms in total. The van der Waals surface area contributed by atoms with Gasteiger partial charge in [-0.1, -0.05) is 0 Å². The van der Waals surface area contributed by atoms with Gasteiger partial charge in [-0.25, -0.2) is 0 Å². The first-order chi connectivity index (χ1) is 8.31. The number of hydrogen-bond acceptors (Lipinski definition) is 4. The predicted octanol–water partition coefficient (Wildman–Crippen LogP) is 1.22. The first-order valence-electron chi connectivity index (χ1n) is 5.84. The number of nitrogens with one attached hydrogen (secondary N) is 1. The summed E-state index contributed by atoms with van der Waals surface area (Å²) in [4.78, 5) is 0. The van der Waals surface area contributed by atoms with Crippen LogP contribution in [0.3, 0.4) is 0 Å². The molecule has 0 unspecified atom stereocenters. The third kappa shape index (κ3) is 4.63. The van der Waals surface area contributed by atoms with E-state index in [9.17, 15) is 0 Å². The third-order valence-electron chi connectivity index (χ3n) is 2.57. The molecular weight excluding hydrogens is 218 g/mol. The third-order valence-corrected chi connectivity index (χ3v) is 2.57. The van der Waals surface area contributed by atoms with Gasteiger partial charge in [0.05, 0.1) is 14.2 Å². The molecule has 0 saturated carbocycles. The van der Waals surface area contributed by atoms with E-state index in [4.69, 9.17) is 14.6 Å². The molecule has 0 saturated heterocycles. The fourth-order valence-corrected chi connectivity index (χ4v) is 1.63. The Kier molecular flexibility index (Phi) is 6.43. The molecule has 1 aromatic rings. The van der Waals surface area contributed by atoms with Crippen LogP contribution in [0.15, 0.2) is 18.2 Å². The maximum absolute atomic E-state index is 8.66. The zero-order chi connectivity index (χ0) is 12.5. The molecule has 1 aromatic carbocycles. The van der Waals surface area contributed by atoms with Gasteiger partial charge in [0.15, 0.2) is 0 Å². The zero-order valence-corrected chi connectivity index (χ0v) is 10.5. The average Bonchev–Trinajstić information content (AvgIpc) is 2.38. The van der Waals surface area contributed by atoms with Gasteiger partial charge < -0.3 is 19.9 Å². The van der Waals surface area contributed by atoms with Gasteiger partial charge >= 0.3 is 0 Å². The fourth-order valence-electron chi connectivity index (χ4n) is 1.63. The van der Waals surface area contributed by atoms with Crippen LogP contribution < -0.4 is 14.8 Å². The van der Waals surface area contributed by atoms with Gasteiger partial charge in [0.1, 0.15) is 11.5 Å². The highest BCUT2D eigenvalue weighted by molar-refractivity contribution is 5.40. The zero-order valence-electron chi connectivity index (χ0n) is 10.5. The van der Waals surface area contributed by atoms with Crippen LogP contribution in [0.2, 0.25) is 0 Å². The van der Waals surface area contributed by atoms with E-state index >= 15 is 0 Å². The van der Waals surface area contributed by atoms with Crippen LogP contribution in [0, 0.1) is 0 Å². The topological polar surface area (TPSA) is 50.7 Å².